The lowest BCUT2D eigenvalue weighted by molar-refractivity contribution is -0.141. The molecular weight excluding hydrogens is 924 g/mol. The van der Waals surface area contributed by atoms with Crippen LogP contribution in [0.2, 0.25) is 5.02 Å². The van der Waals surface area contributed by atoms with Gasteiger partial charge >= 0.3 is 6.18 Å². The molecule has 7 heterocycles. The van der Waals surface area contributed by atoms with Gasteiger partial charge in [-0.25, -0.2) is 4.39 Å². The van der Waals surface area contributed by atoms with Crippen LogP contribution in [0.15, 0.2) is 66.9 Å². The predicted molar refractivity (Wildman–Crippen MR) is 245 cm³/mol. The van der Waals surface area contributed by atoms with Gasteiger partial charge in [0.25, 0.3) is 11.8 Å². The molecule has 0 saturated carbocycles. The van der Waals surface area contributed by atoms with Crippen LogP contribution in [0.3, 0.4) is 0 Å². The van der Waals surface area contributed by atoms with Crippen molar-refractivity contribution in [3.8, 4) is 5.75 Å². The van der Waals surface area contributed by atoms with Gasteiger partial charge in [0.1, 0.15) is 23.3 Å². The van der Waals surface area contributed by atoms with E-state index in [1.54, 1.807) is 41.3 Å². The maximum absolute atomic E-state index is 16.5. The van der Waals surface area contributed by atoms with Crippen LogP contribution in [0.1, 0.15) is 81.6 Å². The minimum Gasteiger partial charge on any atom is -0.495 e. The van der Waals surface area contributed by atoms with E-state index in [1.807, 2.05) is 19.1 Å². The second kappa shape index (κ2) is 17.9. The Bertz CT molecular complexity index is 2770. The SMILES string of the molecule is COc1cc(C(=O)N2CCN(c3ccc4c(c3)CN([C@H]3CCC(=O)NC3=O)C4=O)CC2)ccc1NC(=O)[C@H]1[C@H](c2cccc(Cl)c2F)[C@]2(CNc3cc(C(F)(F)F)ncc32)[C@H](C)N1C1CCOCC1. The van der Waals surface area contributed by atoms with Gasteiger partial charge in [0.15, 0.2) is 0 Å². The van der Waals surface area contributed by atoms with E-state index < -0.39 is 59.0 Å². The largest absolute Gasteiger partial charge is 0.495 e. The molecule has 4 saturated heterocycles. The first-order valence-electron chi connectivity index (χ1n) is 23.0. The van der Waals surface area contributed by atoms with E-state index in [0.29, 0.717) is 68.9 Å². The van der Waals surface area contributed by atoms with Gasteiger partial charge in [0.2, 0.25) is 17.7 Å². The molecule has 4 fully saturated rings. The van der Waals surface area contributed by atoms with Crippen molar-refractivity contribution in [1.82, 2.24) is 25.0 Å². The summed E-state index contributed by atoms with van der Waals surface area (Å²) in [7, 11) is 1.42. The number of carbonyl (C=O) groups is 5. The Labute approximate surface area is 399 Å². The minimum atomic E-state index is -4.71. The van der Waals surface area contributed by atoms with Crippen molar-refractivity contribution in [1.29, 1.82) is 0 Å². The first kappa shape index (κ1) is 46.4. The van der Waals surface area contributed by atoms with Crippen LogP contribution in [0.5, 0.6) is 5.75 Å². The average molecular weight is 973 g/mol. The molecule has 6 aliphatic heterocycles. The van der Waals surface area contributed by atoms with Crippen LogP contribution in [0.25, 0.3) is 0 Å². The van der Waals surface area contributed by atoms with Gasteiger partial charge in [-0.3, -0.25) is 39.2 Å². The topological polar surface area (TPSA) is 166 Å². The van der Waals surface area contributed by atoms with Gasteiger partial charge in [-0.05, 0) is 85.8 Å². The van der Waals surface area contributed by atoms with Crippen LogP contribution < -0.4 is 25.6 Å². The molecule has 4 aromatic rings. The fourth-order valence-corrected chi connectivity index (χ4v) is 11.8. The first-order chi connectivity index (χ1) is 33.1. The van der Waals surface area contributed by atoms with Crippen molar-refractivity contribution < 1.29 is 51.0 Å². The Morgan fingerprint density at radius 3 is 2.48 bits per heavy atom. The molecule has 0 radical (unpaired) electrons. The number of fused-ring (bicyclic) bond motifs is 3. The van der Waals surface area contributed by atoms with Crippen molar-refractivity contribution >= 4 is 58.2 Å². The highest BCUT2D eigenvalue weighted by molar-refractivity contribution is 6.30. The summed E-state index contributed by atoms with van der Waals surface area (Å²) >= 11 is 6.43. The Morgan fingerprint density at radius 2 is 1.75 bits per heavy atom. The van der Waals surface area contributed by atoms with E-state index >= 15 is 9.18 Å². The summed E-state index contributed by atoms with van der Waals surface area (Å²) in [6.07, 6.45) is -1.97. The van der Waals surface area contributed by atoms with Gasteiger partial charge in [-0.2, -0.15) is 13.2 Å². The maximum Gasteiger partial charge on any atom is 0.433 e. The summed E-state index contributed by atoms with van der Waals surface area (Å²) in [5.74, 6) is -3.36. The molecule has 10 rings (SSSR count). The molecule has 0 bridgehead atoms. The number of amides is 5. The lowest BCUT2D eigenvalue weighted by atomic mass is 9.65. The molecule has 3 N–H and O–H groups in total. The van der Waals surface area contributed by atoms with E-state index in [4.69, 9.17) is 21.1 Å². The van der Waals surface area contributed by atoms with E-state index in [1.165, 1.54) is 24.3 Å². The van der Waals surface area contributed by atoms with Gasteiger partial charge in [-0.15, -0.1) is 0 Å². The number of carbonyl (C=O) groups excluding carboxylic acids is 5. The van der Waals surface area contributed by atoms with E-state index in [2.05, 4.69) is 30.7 Å². The highest BCUT2D eigenvalue weighted by atomic mass is 35.5. The summed E-state index contributed by atoms with van der Waals surface area (Å²) in [4.78, 5) is 78.0. The molecular formula is C49H49ClF4N8O7. The summed E-state index contributed by atoms with van der Waals surface area (Å²) < 4.78 is 69.8. The van der Waals surface area contributed by atoms with Crippen molar-refractivity contribution in [3.63, 3.8) is 0 Å². The number of hydrogen-bond donors (Lipinski definition) is 3. The van der Waals surface area contributed by atoms with Crippen molar-refractivity contribution in [2.24, 2.45) is 0 Å². The van der Waals surface area contributed by atoms with Crippen molar-refractivity contribution in [3.05, 3.63) is 111 Å². The van der Waals surface area contributed by atoms with Gasteiger partial charge in [-0.1, -0.05) is 23.7 Å². The predicted octanol–water partition coefficient (Wildman–Crippen LogP) is 5.96. The average Bonchev–Trinajstić information content (AvgIpc) is 3.98. The highest BCUT2D eigenvalue weighted by Gasteiger charge is 2.65. The van der Waals surface area contributed by atoms with Crippen LogP contribution in [0, 0.1) is 5.82 Å². The smallest absolute Gasteiger partial charge is 0.433 e. The zero-order chi connectivity index (χ0) is 48.5. The molecule has 3 aromatic carbocycles. The summed E-state index contributed by atoms with van der Waals surface area (Å²) in [5.41, 5.74) is 1.28. The molecule has 362 valence electrons. The third-order valence-electron chi connectivity index (χ3n) is 15.0. The Balaban J connectivity index is 0.890. The quantitative estimate of drug-likeness (QED) is 0.141. The van der Waals surface area contributed by atoms with Gasteiger partial charge in [0.05, 0.1) is 23.9 Å². The number of piperazine rings is 1. The lowest BCUT2D eigenvalue weighted by Crippen LogP contribution is -2.52. The molecule has 1 aromatic heterocycles. The third kappa shape index (κ3) is 8.01. The molecule has 0 aliphatic carbocycles. The number of benzene rings is 3. The molecule has 0 unspecified atom stereocenters. The van der Waals surface area contributed by atoms with E-state index in [0.717, 1.165) is 17.3 Å². The number of halogens is 5. The summed E-state index contributed by atoms with van der Waals surface area (Å²) in [6.45, 7) is 4.85. The fourth-order valence-electron chi connectivity index (χ4n) is 11.6. The summed E-state index contributed by atoms with van der Waals surface area (Å²) in [5, 5.41) is 8.36. The van der Waals surface area contributed by atoms with Gasteiger partial charge in [0, 0.05) is 117 Å². The number of likely N-dealkylation sites (tertiary alicyclic amines) is 1. The molecule has 1 spiro atoms. The minimum absolute atomic E-state index is 0.0839. The Kier molecular flexibility index (Phi) is 12.0. The first-order valence-corrected chi connectivity index (χ1v) is 23.4. The fraction of sp³-hybridized carbons (Fsp3) is 0.429. The molecule has 15 nitrogen and oxygen atoms in total. The zero-order valence-electron chi connectivity index (χ0n) is 37.7. The second-order valence-electron chi connectivity index (χ2n) is 18.5. The number of ether oxygens (including phenoxy) is 2. The van der Waals surface area contributed by atoms with Crippen molar-refractivity contribution in [2.75, 3.05) is 68.6 Å². The van der Waals surface area contributed by atoms with E-state index in [-0.39, 0.29) is 77.4 Å². The number of hydrogen-bond acceptors (Lipinski definition) is 11. The van der Waals surface area contributed by atoms with Crippen LogP contribution in [-0.2, 0) is 37.3 Å². The number of methoxy groups -OCH3 is 1. The second-order valence-corrected chi connectivity index (χ2v) is 18.9. The number of alkyl halides is 3. The maximum atomic E-state index is 16.5. The number of piperidine rings is 1. The number of aromatic nitrogens is 1. The van der Waals surface area contributed by atoms with Gasteiger partial charge < -0.3 is 34.8 Å². The Morgan fingerprint density at radius 1 is 0.986 bits per heavy atom. The number of pyridine rings is 1. The van der Waals surface area contributed by atoms with Crippen LogP contribution >= 0.6 is 11.6 Å². The lowest BCUT2D eigenvalue weighted by Gasteiger charge is -2.40. The standard InChI is InChI=1S/C49H49ClF4N8O7/c1-26-48(25-56-36-22-39(49(52,53)54)55-23-33(36)48)41(32-4-3-5-34(50)42(32)51)43(62(26)29-12-18-69-19-13-29)45(65)57-35-9-6-27(21-38(35)68-2)46(66)60-16-14-59(15-17-60)30-7-8-31-28(20-30)24-61(47(31)67)37-10-11-40(63)58-44(37)64/h3-9,20-23,26,29,37,41,43,56H,10-19,24-25H2,1-2H3,(H,57,65)(H,58,63,64)/t26-,37-,41-,43+,48+/m0/s1. The Hall–Kier alpha value is -6.31. The number of nitrogens with one attached hydrogen (secondary N) is 3. The van der Waals surface area contributed by atoms with Crippen molar-refractivity contribution in [2.45, 2.75) is 80.8 Å². The highest BCUT2D eigenvalue weighted by Crippen LogP contribution is 2.59. The normalized spacial score (nSPS) is 25.1. The molecule has 5 atom stereocenters. The monoisotopic (exact) mass is 972 g/mol. The van der Waals surface area contributed by atoms with Crippen LogP contribution in [-0.4, -0.2) is 126 Å². The summed E-state index contributed by atoms with van der Waals surface area (Å²) in [6, 6.07) is 13.3. The molecule has 69 heavy (non-hydrogen) atoms. The zero-order valence-corrected chi connectivity index (χ0v) is 38.5. The number of imide groups is 1. The number of anilines is 3. The third-order valence-corrected chi connectivity index (χ3v) is 15.3. The number of rotatable bonds is 8. The van der Waals surface area contributed by atoms with Crippen LogP contribution in [0.4, 0.5) is 34.6 Å². The molecule has 20 heteroatoms. The molecule has 6 aliphatic rings. The molecule has 5 amide bonds. The van der Waals surface area contributed by atoms with E-state index in [9.17, 15) is 32.3 Å². The number of nitrogens with zero attached hydrogens (tertiary/aromatic N) is 5.